The molecule has 0 radical (unpaired) electrons. The van der Waals surface area contributed by atoms with E-state index in [0.717, 1.165) is 38.2 Å². The molecule has 6 nitrogen and oxygen atoms in total. The average Bonchev–Trinajstić information content (AvgIpc) is 3.31. The van der Waals surface area contributed by atoms with Crippen LogP contribution < -0.4 is 15.0 Å². The first-order valence-electron chi connectivity index (χ1n) is 7.60. The van der Waals surface area contributed by atoms with Crippen LogP contribution in [0.3, 0.4) is 0 Å². The summed E-state index contributed by atoms with van der Waals surface area (Å²) >= 11 is 0. The predicted molar refractivity (Wildman–Crippen MR) is 79.7 cm³/mol. The van der Waals surface area contributed by atoms with Crippen LogP contribution in [0.25, 0.3) is 0 Å². The first-order chi connectivity index (χ1) is 10.2. The zero-order chi connectivity index (χ0) is 14.4. The molecule has 2 aliphatic heterocycles. The summed E-state index contributed by atoms with van der Waals surface area (Å²) in [6.07, 6.45) is 1.99. The molecule has 0 aromatic carbocycles. The molecule has 1 aromatic rings. The summed E-state index contributed by atoms with van der Waals surface area (Å²) in [7, 11) is 2.14. The fourth-order valence-corrected chi connectivity index (χ4v) is 3.05. The van der Waals surface area contributed by atoms with Crippen LogP contribution in [0.1, 0.15) is 12.8 Å². The van der Waals surface area contributed by atoms with E-state index in [1.807, 2.05) is 12.1 Å². The number of amides is 1. The van der Waals surface area contributed by atoms with Crippen molar-refractivity contribution in [1.29, 1.82) is 0 Å². The van der Waals surface area contributed by atoms with Gasteiger partial charge in [-0.15, -0.1) is 0 Å². The van der Waals surface area contributed by atoms with Crippen LogP contribution in [0.5, 0.6) is 5.88 Å². The van der Waals surface area contributed by atoms with Crippen molar-refractivity contribution in [2.24, 2.45) is 5.92 Å². The van der Waals surface area contributed by atoms with E-state index in [1.165, 1.54) is 0 Å². The number of likely N-dealkylation sites (N-methyl/N-ethyl adjacent to an activating group) is 1. The van der Waals surface area contributed by atoms with Crippen LogP contribution in [0.2, 0.25) is 0 Å². The lowest BCUT2D eigenvalue weighted by Gasteiger charge is -2.44. The molecule has 1 saturated heterocycles. The normalized spacial score (nSPS) is 24.8. The molecule has 3 heterocycles. The number of hydrogen-bond donors (Lipinski definition) is 1. The number of nitrogens with zero attached hydrogens (tertiary/aromatic N) is 3. The monoisotopic (exact) mass is 288 g/mol. The Kier molecular flexibility index (Phi) is 2.99. The number of carbonyl (C=O) groups excluding carboxylic acids is 1. The summed E-state index contributed by atoms with van der Waals surface area (Å²) in [6.45, 7) is 3.72. The third-order valence-corrected chi connectivity index (χ3v) is 4.45. The Hall–Kier alpha value is -1.82. The summed E-state index contributed by atoms with van der Waals surface area (Å²) in [5.74, 6) is 1.50. The number of pyridine rings is 1. The van der Waals surface area contributed by atoms with E-state index in [0.29, 0.717) is 24.3 Å². The molecule has 0 bridgehead atoms. The van der Waals surface area contributed by atoms with Gasteiger partial charge in [0.15, 0.2) is 0 Å². The maximum Gasteiger partial charge on any atom is 0.239 e. The van der Waals surface area contributed by atoms with Gasteiger partial charge in [0.05, 0.1) is 6.04 Å². The van der Waals surface area contributed by atoms with E-state index in [-0.39, 0.29) is 11.8 Å². The number of aromatic nitrogens is 1. The van der Waals surface area contributed by atoms with Crippen molar-refractivity contribution >= 4 is 17.4 Å². The second-order valence-electron chi connectivity index (χ2n) is 6.20. The molecule has 1 aromatic heterocycles. The number of rotatable bonds is 2. The van der Waals surface area contributed by atoms with Crippen molar-refractivity contribution in [3.8, 4) is 5.88 Å². The topological polar surface area (TPSA) is 57.7 Å². The van der Waals surface area contributed by atoms with Gasteiger partial charge in [-0.25, -0.2) is 0 Å². The van der Waals surface area contributed by atoms with Gasteiger partial charge in [-0.05, 0) is 32.0 Å². The molecule has 21 heavy (non-hydrogen) atoms. The Morgan fingerprint density at radius 1 is 1.38 bits per heavy atom. The van der Waals surface area contributed by atoms with Crippen LogP contribution in [0.15, 0.2) is 12.1 Å². The molecule has 112 valence electrons. The summed E-state index contributed by atoms with van der Waals surface area (Å²) in [5, 5.41) is 2.88. The van der Waals surface area contributed by atoms with Gasteiger partial charge < -0.3 is 19.9 Å². The summed E-state index contributed by atoms with van der Waals surface area (Å²) in [5.41, 5.74) is 1.05. The van der Waals surface area contributed by atoms with Crippen LogP contribution in [-0.4, -0.2) is 55.1 Å². The number of piperazine rings is 1. The number of ether oxygens (including phenoxy) is 1. The standard InChI is InChI=1S/C15H20N4O2/c1-18-6-7-19-11(8-18)9-21-15-12(19)4-5-13(17-15)16-14(20)10-2-3-10/h4-5,10-11H,2-3,6-9H2,1H3,(H,16,17,20)/t11-/m0/s1. The number of carbonyl (C=O) groups is 1. The first kappa shape index (κ1) is 12.9. The van der Waals surface area contributed by atoms with Crippen molar-refractivity contribution in [3.63, 3.8) is 0 Å². The second kappa shape index (κ2) is 4.87. The Morgan fingerprint density at radius 3 is 3.05 bits per heavy atom. The lowest BCUT2D eigenvalue weighted by Crippen LogP contribution is -2.56. The number of anilines is 2. The predicted octanol–water partition coefficient (Wildman–Crippen LogP) is 0.943. The molecule has 1 amide bonds. The zero-order valence-electron chi connectivity index (χ0n) is 12.2. The van der Waals surface area contributed by atoms with Crippen LogP contribution in [0, 0.1) is 5.92 Å². The minimum atomic E-state index is 0.0794. The maximum atomic E-state index is 11.8. The Bertz CT molecular complexity index is 573. The highest BCUT2D eigenvalue weighted by Crippen LogP contribution is 2.35. The van der Waals surface area contributed by atoms with E-state index in [4.69, 9.17) is 4.74 Å². The Labute approximate surface area is 124 Å². The van der Waals surface area contributed by atoms with E-state index in [1.54, 1.807) is 0 Å². The lowest BCUT2D eigenvalue weighted by molar-refractivity contribution is -0.117. The number of nitrogens with one attached hydrogen (secondary N) is 1. The molecule has 1 aliphatic carbocycles. The number of fused-ring (bicyclic) bond motifs is 3. The molecule has 1 N–H and O–H groups in total. The smallest absolute Gasteiger partial charge is 0.239 e. The van der Waals surface area contributed by atoms with E-state index >= 15 is 0 Å². The van der Waals surface area contributed by atoms with Crippen LogP contribution in [-0.2, 0) is 4.79 Å². The third-order valence-electron chi connectivity index (χ3n) is 4.45. The first-order valence-corrected chi connectivity index (χ1v) is 7.60. The number of hydrogen-bond acceptors (Lipinski definition) is 5. The average molecular weight is 288 g/mol. The largest absolute Gasteiger partial charge is 0.474 e. The highest BCUT2D eigenvalue weighted by atomic mass is 16.5. The fourth-order valence-electron chi connectivity index (χ4n) is 3.05. The summed E-state index contributed by atoms with van der Waals surface area (Å²) in [6, 6.07) is 4.29. The van der Waals surface area contributed by atoms with Crippen molar-refractivity contribution in [1.82, 2.24) is 9.88 Å². The molecule has 4 rings (SSSR count). The van der Waals surface area contributed by atoms with Crippen molar-refractivity contribution < 1.29 is 9.53 Å². The quantitative estimate of drug-likeness (QED) is 0.878. The van der Waals surface area contributed by atoms with E-state index in [9.17, 15) is 4.79 Å². The molecule has 1 saturated carbocycles. The van der Waals surface area contributed by atoms with Crippen LogP contribution in [0.4, 0.5) is 11.5 Å². The van der Waals surface area contributed by atoms with Gasteiger partial charge in [0.1, 0.15) is 18.1 Å². The summed E-state index contributed by atoms with van der Waals surface area (Å²) in [4.78, 5) is 21.0. The lowest BCUT2D eigenvalue weighted by atomic mass is 10.1. The Morgan fingerprint density at radius 2 is 2.24 bits per heavy atom. The van der Waals surface area contributed by atoms with Gasteiger partial charge in [-0.1, -0.05) is 0 Å². The molecular formula is C15H20N4O2. The summed E-state index contributed by atoms with van der Waals surface area (Å²) < 4.78 is 5.81. The highest BCUT2D eigenvalue weighted by molar-refractivity contribution is 5.93. The molecule has 1 atom stereocenters. The molecule has 2 fully saturated rings. The van der Waals surface area contributed by atoms with Crippen molar-refractivity contribution in [2.45, 2.75) is 18.9 Å². The molecule has 3 aliphatic rings. The van der Waals surface area contributed by atoms with Crippen molar-refractivity contribution in [2.75, 3.05) is 43.5 Å². The van der Waals surface area contributed by atoms with Gasteiger partial charge in [-0.3, -0.25) is 4.79 Å². The minimum Gasteiger partial charge on any atom is -0.474 e. The molecule has 0 spiro atoms. The zero-order valence-corrected chi connectivity index (χ0v) is 12.2. The highest BCUT2D eigenvalue weighted by Gasteiger charge is 2.33. The maximum absolute atomic E-state index is 11.8. The van der Waals surface area contributed by atoms with Crippen molar-refractivity contribution in [3.05, 3.63) is 12.1 Å². The SMILES string of the molecule is CN1CCN2c3ccc(NC(=O)C4CC4)nc3OC[C@@H]2C1. The van der Waals surface area contributed by atoms with Gasteiger partial charge in [0.25, 0.3) is 0 Å². The molecule has 0 unspecified atom stereocenters. The van der Waals surface area contributed by atoms with E-state index < -0.39 is 0 Å². The molecule has 6 heteroatoms. The molecular weight excluding hydrogens is 268 g/mol. The van der Waals surface area contributed by atoms with Gasteiger partial charge in [0, 0.05) is 25.6 Å². The van der Waals surface area contributed by atoms with E-state index in [2.05, 4.69) is 27.1 Å². The van der Waals surface area contributed by atoms with Crippen LogP contribution >= 0.6 is 0 Å². The fraction of sp³-hybridized carbons (Fsp3) is 0.600. The van der Waals surface area contributed by atoms with Gasteiger partial charge in [0.2, 0.25) is 11.8 Å². The van der Waals surface area contributed by atoms with Gasteiger partial charge >= 0.3 is 0 Å². The second-order valence-corrected chi connectivity index (χ2v) is 6.20. The van der Waals surface area contributed by atoms with Gasteiger partial charge in [-0.2, -0.15) is 4.98 Å². The third kappa shape index (κ3) is 2.44. The Balaban J connectivity index is 1.54. The minimum absolute atomic E-state index is 0.0794.